The Morgan fingerprint density at radius 3 is 2.73 bits per heavy atom. The van der Waals surface area contributed by atoms with Gasteiger partial charge in [-0.05, 0) is 23.8 Å². The van der Waals surface area contributed by atoms with Gasteiger partial charge < -0.3 is 5.32 Å². The van der Waals surface area contributed by atoms with Crippen LogP contribution < -0.4 is 5.32 Å². The van der Waals surface area contributed by atoms with Crippen molar-refractivity contribution >= 4 is 21.6 Å². The highest BCUT2D eigenvalue weighted by Crippen LogP contribution is 2.17. The molecule has 1 aromatic heterocycles. The molecule has 2 aromatic rings. The lowest BCUT2D eigenvalue weighted by atomic mass is 10.2. The maximum absolute atomic E-state index is 4.05. The van der Waals surface area contributed by atoms with E-state index in [1.165, 1.54) is 5.56 Å². The Kier molecular flexibility index (Phi) is 3.35. The van der Waals surface area contributed by atoms with Gasteiger partial charge in [0.05, 0.1) is 5.69 Å². The van der Waals surface area contributed by atoms with Crippen LogP contribution in [0.15, 0.2) is 53.3 Å². The monoisotopic (exact) mass is 262 g/mol. The molecule has 0 aliphatic carbocycles. The molecule has 0 radical (unpaired) electrons. The van der Waals surface area contributed by atoms with Crippen LogP contribution in [0, 0.1) is 0 Å². The number of rotatable bonds is 3. The highest BCUT2D eigenvalue weighted by atomic mass is 79.9. The zero-order valence-corrected chi connectivity index (χ0v) is 9.74. The Bertz CT molecular complexity index is 429. The number of hydrogen-bond donors (Lipinski definition) is 1. The van der Waals surface area contributed by atoms with Gasteiger partial charge in [-0.1, -0.05) is 34.1 Å². The first-order valence-corrected chi connectivity index (χ1v) is 5.53. The third kappa shape index (κ3) is 2.80. The molecule has 15 heavy (non-hydrogen) atoms. The minimum atomic E-state index is 0.799. The first-order valence-electron chi connectivity index (χ1n) is 4.73. The molecule has 0 aliphatic heterocycles. The molecule has 0 amide bonds. The predicted molar refractivity (Wildman–Crippen MR) is 65.7 cm³/mol. The van der Waals surface area contributed by atoms with E-state index in [4.69, 9.17) is 0 Å². The molecule has 2 rings (SSSR count). The Morgan fingerprint density at radius 1 is 1.13 bits per heavy atom. The predicted octanol–water partition coefficient (Wildman–Crippen LogP) is 3.46. The number of pyridine rings is 1. The average Bonchev–Trinajstić information content (AvgIpc) is 2.29. The van der Waals surface area contributed by atoms with Gasteiger partial charge in [-0.3, -0.25) is 4.98 Å². The zero-order valence-electron chi connectivity index (χ0n) is 8.15. The number of nitrogens with one attached hydrogen (secondary N) is 1. The minimum absolute atomic E-state index is 0.799. The zero-order chi connectivity index (χ0) is 10.5. The van der Waals surface area contributed by atoms with Crippen LogP contribution in [-0.4, -0.2) is 4.98 Å². The van der Waals surface area contributed by atoms with Crippen LogP contribution in [0.1, 0.15) is 5.56 Å². The first kappa shape index (κ1) is 10.2. The summed E-state index contributed by atoms with van der Waals surface area (Å²) in [7, 11) is 0. The SMILES string of the molecule is Brc1ccccc1CNc1cccnc1. The third-order valence-electron chi connectivity index (χ3n) is 2.10. The van der Waals surface area contributed by atoms with Gasteiger partial charge in [-0.15, -0.1) is 0 Å². The van der Waals surface area contributed by atoms with E-state index >= 15 is 0 Å². The summed E-state index contributed by atoms with van der Waals surface area (Å²) in [5.41, 5.74) is 2.27. The lowest BCUT2D eigenvalue weighted by Gasteiger charge is -2.07. The summed E-state index contributed by atoms with van der Waals surface area (Å²) in [6.45, 7) is 0.799. The standard InChI is InChI=1S/C12H11BrN2/c13-12-6-2-1-4-10(12)8-15-11-5-3-7-14-9-11/h1-7,9,15H,8H2. The fourth-order valence-corrected chi connectivity index (χ4v) is 1.73. The number of hydrogen-bond acceptors (Lipinski definition) is 2. The van der Waals surface area contributed by atoms with Crippen molar-refractivity contribution in [3.8, 4) is 0 Å². The van der Waals surface area contributed by atoms with Crippen LogP contribution in [0.3, 0.4) is 0 Å². The van der Waals surface area contributed by atoms with E-state index in [0.29, 0.717) is 0 Å². The van der Waals surface area contributed by atoms with E-state index in [1.54, 1.807) is 6.20 Å². The molecular formula is C12H11BrN2. The third-order valence-corrected chi connectivity index (χ3v) is 2.88. The number of aromatic nitrogens is 1. The fraction of sp³-hybridized carbons (Fsp3) is 0.0833. The molecular weight excluding hydrogens is 252 g/mol. The van der Waals surface area contributed by atoms with E-state index in [2.05, 4.69) is 32.3 Å². The van der Waals surface area contributed by atoms with Gasteiger partial charge >= 0.3 is 0 Å². The van der Waals surface area contributed by atoms with Gasteiger partial charge in [0.2, 0.25) is 0 Å². The summed E-state index contributed by atoms with van der Waals surface area (Å²) >= 11 is 3.51. The van der Waals surface area contributed by atoms with Crippen LogP contribution in [0.2, 0.25) is 0 Å². The summed E-state index contributed by atoms with van der Waals surface area (Å²) in [4.78, 5) is 4.05. The van der Waals surface area contributed by atoms with Crippen molar-refractivity contribution < 1.29 is 0 Å². The van der Waals surface area contributed by atoms with E-state index in [1.807, 2.05) is 36.5 Å². The molecule has 0 bridgehead atoms. The van der Waals surface area contributed by atoms with Crippen LogP contribution in [0.25, 0.3) is 0 Å². The Hall–Kier alpha value is -1.35. The Balaban J connectivity index is 2.03. The van der Waals surface area contributed by atoms with Crippen LogP contribution in [-0.2, 0) is 6.54 Å². The Morgan fingerprint density at radius 2 is 2.00 bits per heavy atom. The smallest absolute Gasteiger partial charge is 0.0529 e. The number of nitrogens with zero attached hydrogens (tertiary/aromatic N) is 1. The second-order valence-electron chi connectivity index (χ2n) is 3.19. The highest BCUT2D eigenvalue weighted by Gasteiger charge is 1.97. The summed E-state index contributed by atoms with van der Waals surface area (Å²) < 4.78 is 1.13. The first-order chi connectivity index (χ1) is 7.36. The molecule has 1 N–H and O–H groups in total. The van der Waals surface area contributed by atoms with Crippen LogP contribution >= 0.6 is 15.9 Å². The van der Waals surface area contributed by atoms with Gasteiger partial charge in [0.25, 0.3) is 0 Å². The molecule has 0 spiro atoms. The van der Waals surface area contributed by atoms with Gasteiger partial charge in [0.1, 0.15) is 0 Å². The molecule has 0 atom stereocenters. The molecule has 0 saturated carbocycles. The lowest BCUT2D eigenvalue weighted by Crippen LogP contribution is -1.99. The molecule has 0 unspecified atom stereocenters. The second-order valence-corrected chi connectivity index (χ2v) is 4.04. The van der Waals surface area contributed by atoms with Crippen LogP contribution in [0.4, 0.5) is 5.69 Å². The van der Waals surface area contributed by atoms with Crippen molar-refractivity contribution in [1.82, 2.24) is 4.98 Å². The Labute approximate surface area is 97.5 Å². The lowest BCUT2D eigenvalue weighted by molar-refractivity contribution is 1.13. The number of benzene rings is 1. The molecule has 2 nitrogen and oxygen atoms in total. The molecule has 3 heteroatoms. The maximum atomic E-state index is 4.05. The van der Waals surface area contributed by atoms with Crippen LogP contribution in [0.5, 0.6) is 0 Å². The summed E-state index contributed by atoms with van der Waals surface area (Å²) in [6, 6.07) is 12.1. The largest absolute Gasteiger partial charge is 0.380 e. The fourth-order valence-electron chi connectivity index (χ4n) is 1.31. The second kappa shape index (κ2) is 4.94. The van der Waals surface area contributed by atoms with Gasteiger partial charge in [-0.2, -0.15) is 0 Å². The van der Waals surface area contributed by atoms with E-state index in [-0.39, 0.29) is 0 Å². The van der Waals surface area contributed by atoms with Crippen molar-refractivity contribution in [3.63, 3.8) is 0 Å². The van der Waals surface area contributed by atoms with E-state index < -0.39 is 0 Å². The van der Waals surface area contributed by atoms with E-state index in [0.717, 1.165) is 16.7 Å². The maximum Gasteiger partial charge on any atom is 0.0529 e. The molecule has 0 saturated heterocycles. The topological polar surface area (TPSA) is 24.9 Å². The van der Waals surface area contributed by atoms with Gasteiger partial charge in [0, 0.05) is 23.4 Å². The van der Waals surface area contributed by atoms with Crippen molar-refractivity contribution in [2.75, 3.05) is 5.32 Å². The highest BCUT2D eigenvalue weighted by molar-refractivity contribution is 9.10. The minimum Gasteiger partial charge on any atom is -0.380 e. The molecule has 1 aromatic carbocycles. The van der Waals surface area contributed by atoms with Crippen molar-refractivity contribution in [2.24, 2.45) is 0 Å². The molecule has 76 valence electrons. The summed E-state index contributed by atoms with van der Waals surface area (Å²) in [6.07, 6.45) is 3.58. The summed E-state index contributed by atoms with van der Waals surface area (Å²) in [5.74, 6) is 0. The molecule has 0 fully saturated rings. The van der Waals surface area contributed by atoms with Crippen molar-refractivity contribution in [3.05, 3.63) is 58.8 Å². The number of anilines is 1. The van der Waals surface area contributed by atoms with E-state index in [9.17, 15) is 0 Å². The van der Waals surface area contributed by atoms with Gasteiger partial charge in [-0.25, -0.2) is 0 Å². The normalized spacial score (nSPS) is 9.93. The molecule has 0 aliphatic rings. The quantitative estimate of drug-likeness (QED) is 0.917. The summed E-state index contributed by atoms with van der Waals surface area (Å²) in [5, 5.41) is 3.31. The average molecular weight is 263 g/mol. The molecule has 1 heterocycles. The number of halogens is 1. The van der Waals surface area contributed by atoms with Gasteiger partial charge in [0.15, 0.2) is 0 Å². The van der Waals surface area contributed by atoms with Crippen molar-refractivity contribution in [1.29, 1.82) is 0 Å². The van der Waals surface area contributed by atoms with Crippen molar-refractivity contribution in [2.45, 2.75) is 6.54 Å².